The molecule has 4 rings (SSSR count). The zero-order valence-electron chi connectivity index (χ0n) is 17.7. The van der Waals surface area contributed by atoms with Gasteiger partial charge in [0.2, 0.25) is 0 Å². The Bertz CT molecular complexity index is 915. The maximum absolute atomic E-state index is 12.1. The highest BCUT2D eigenvalue weighted by atomic mass is 16.2. The van der Waals surface area contributed by atoms with E-state index in [4.69, 9.17) is 0 Å². The summed E-state index contributed by atoms with van der Waals surface area (Å²) in [4.78, 5) is 50.3. The fourth-order valence-corrected chi connectivity index (χ4v) is 3.27. The molecule has 4 amide bonds. The van der Waals surface area contributed by atoms with E-state index in [1.807, 2.05) is 27.7 Å². The van der Waals surface area contributed by atoms with Gasteiger partial charge in [0, 0.05) is 14.1 Å². The molecule has 2 aromatic carbocycles. The predicted octanol–water partition coefficient (Wildman–Crippen LogP) is 3.78. The molecule has 6 heteroatoms. The molecule has 0 bridgehead atoms. The summed E-state index contributed by atoms with van der Waals surface area (Å²) in [6, 6.07) is 10.3. The molecule has 2 aromatic rings. The van der Waals surface area contributed by atoms with Gasteiger partial charge >= 0.3 is 0 Å². The summed E-state index contributed by atoms with van der Waals surface area (Å²) in [5.41, 5.74) is 3.34. The van der Waals surface area contributed by atoms with Crippen molar-refractivity contribution in [3.05, 3.63) is 69.8 Å². The zero-order chi connectivity index (χ0) is 21.9. The molecule has 0 N–H and O–H groups in total. The fraction of sp³-hybridized carbons (Fsp3) is 0.304. The van der Waals surface area contributed by atoms with Gasteiger partial charge in [0.1, 0.15) is 0 Å². The van der Waals surface area contributed by atoms with E-state index < -0.39 is 0 Å². The van der Waals surface area contributed by atoms with Gasteiger partial charge in [-0.2, -0.15) is 0 Å². The quantitative estimate of drug-likeness (QED) is 0.727. The van der Waals surface area contributed by atoms with Gasteiger partial charge in [-0.1, -0.05) is 39.8 Å². The molecule has 0 fully saturated rings. The Kier molecular flexibility index (Phi) is 6.69. The van der Waals surface area contributed by atoms with E-state index in [0.29, 0.717) is 28.7 Å². The standard InChI is InChI=1S/C19H14N2O4.2C2H6/c1-20-16(22)12-5-3-10(8-14(12)18(20)24)7-11-4-6-13-15(9-11)19(25)21(2)17(13)23;2*1-2/h3-6,8-9H,7H2,1-2H3;2*1-2H3. The first-order chi connectivity index (χ1) is 13.9. The summed E-state index contributed by atoms with van der Waals surface area (Å²) in [5, 5.41) is 0. The normalized spacial score (nSPS) is 14.1. The smallest absolute Gasteiger partial charge is 0.261 e. The summed E-state index contributed by atoms with van der Waals surface area (Å²) in [7, 11) is 2.92. The van der Waals surface area contributed by atoms with Crippen molar-refractivity contribution in [1.29, 1.82) is 0 Å². The zero-order valence-corrected chi connectivity index (χ0v) is 17.7. The highest BCUT2D eigenvalue weighted by molar-refractivity contribution is 6.22. The molecule has 0 spiro atoms. The molecule has 0 radical (unpaired) electrons. The third kappa shape index (κ3) is 3.70. The van der Waals surface area contributed by atoms with Crippen molar-refractivity contribution in [3.63, 3.8) is 0 Å². The van der Waals surface area contributed by atoms with E-state index in [2.05, 4.69) is 0 Å². The first-order valence-electron chi connectivity index (χ1n) is 9.79. The first-order valence-corrected chi connectivity index (χ1v) is 9.79. The number of carbonyl (C=O) groups excluding carboxylic acids is 4. The number of rotatable bonds is 2. The Morgan fingerprint density at radius 2 is 0.862 bits per heavy atom. The lowest BCUT2D eigenvalue weighted by molar-refractivity contribution is 0.0678. The van der Waals surface area contributed by atoms with Crippen LogP contribution >= 0.6 is 0 Å². The molecule has 0 unspecified atom stereocenters. The average molecular weight is 394 g/mol. The molecule has 2 aliphatic heterocycles. The summed E-state index contributed by atoms with van der Waals surface area (Å²) >= 11 is 0. The number of amides is 4. The third-order valence-corrected chi connectivity index (χ3v) is 4.72. The monoisotopic (exact) mass is 394 g/mol. The molecule has 0 aromatic heterocycles. The van der Waals surface area contributed by atoms with E-state index >= 15 is 0 Å². The molecular formula is C23H26N2O4. The Morgan fingerprint density at radius 1 is 0.552 bits per heavy atom. The third-order valence-electron chi connectivity index (χ3n) is 4.72. The minimum atomic E-state index is -0.307. The molecule has 0 atom stereocenters. The van der Waals surface area contributed by atoms with Gasteiger partial charge in [-0.05, 0) is 41.8 Å². The van der Waals surface area contributed by atoms with Gasteiger partial charge in [-0.3, -0.25) is 29.0 Å². The van der Waals surface area contributed by atoms with Crippen LogP contribution in [-0.2, 0) is 6.42 Å². The van der Waals surface area contributed by atoms with Crippen LogP contribution in [0.2, 0.25) is 0 Å². The Labute approximate surface area is 171 Å². The molecule has 2 heterocycles. The number of benzene rings is 2. The van der Waals surface area contributed by atoms with E-state index in [1.54, 1.807) is 36.4 Å². The molecule has 2 aliphatic rings. The summed E-state index contributed by atoms with van der Waals surface area (Å²) in [6.45, 7) is 8.00. The summed E-state index contributed by atoms with van der Waals surface area (Å²) < 4.78 is 0. The van der Waals surface area contributed by atoms with E-state index in [9.17, 15) is 19.2 Å². The Morgan fingerprint density at radius 3 is 1.21 bits per heavy atom. The van der Waals surface area contributed by atoms with Crippen LogP contribution in [0.25, 0.3) is 0 Å². The molecule has 0 saturated carbocycles. The minimum Gasteiger partial charge on any atom is -0.277 e. The van der Waals surface area contributed by atoms with Crippen LogP contribution in [0.4, 0.5) is 0 Å². The van der Waals surface area contributed by atoms with Crippen LogP contribution in [0.15, 0.2) is 36.4 Å². The van der Waals surface area contributed by atoms with Crippen LogP contribution in [-0.4, -0.2) is 47.5 Å². The lowest BCUT2D eigenvalue weighted by Crippen LogP contribution is -2.24. The number of fused-ring (bicyclic) bond motifs is 2. The topological polar surface area (TPSA) is 74.8 Å². The predicted molar refractivity (Wildman–Crippen MR) is 111 cm³/mol. The average Bonchev–Trinajstić information content (AvgIpc) is 3.11. The lowest BCUT2D eigenvalue weighted by atomic mass is 9.98. The van der Waals surface area contributed by atoms with Crippen molar-refractivity contribution in [2.45, 2.75) is 34.1 Å². The number of hydrogen-bond donors (Lipinski definition) is 0. The van der Waals surface area contributed by atoms with Crippen molar-refractivity contribution in [2.24, 2.45) is 0 Å². The molecule has 29 heavy (non-hydrogen) atoms. The number of carbonyl (C=O) groups is 4. The minimum absolute atomic E-state index is 0.295. The van der Waals surface area contributed by atoms with Crippen molar-refractivity contribution in [2.75, 3.05) is 14.1 Å². The second-order valence-corrected chi connectivity index (χ2v) is 6.28. The van der Waals surface area contributed by atoms with Crippen LogP contribution in [0, 0.1) is 0 Å². The van der Waals surface area contributed by atoms with E-state index in [-0.39, 0.29) is 23.6 Å². The second kappa shape index (κ2) is 8.82. The van der Waals surface area contributed by atoms with Crippen LogP contribution in [0.1, 0.15) is 80.3 Å². The van der Waals surface area contributed by atoms with Crippen LogP contribution < -0.4 is 0 Å². The van der Waals surface area contributed by atoms with Crippen LogP contribution in [0.5, 0.6) is 0 Å². The summed E-state index contributed by atoms with van der Waals surface area (Å²) in [6.07, 6.45) is 0.497. The molecule has 0 saturated heterocycles. The Hall–Kier alpha value is -3.28. The largest absolute Gasteiger partial charge is 0.277 e. The van der Waals surface area contributed by atoms with Crippen molar-refractivity contribution in [1.82, 2.24) is 9.80 Å². The van der Waals surface area contributed by atoms with E-state index in [0.717, 1.165) is 20.9 Å². The van der Waals surface area contributed by atoms with Crippen molar-refractivity contribution < 1.29 is 19.2 Å². The van der Waals surface area contributed by atoms with Gasteiger partial charge in [-0.15, -0.1) is 0 Å². The molecular weight excluding hydrogens is 368 g/mol. The van der Waals surface area contributed by atoms with Gasteiger partial charge in [0.05, 0.1) is 22.3 Å². The van der Waals surface area contributed by atoms with Gasteiger partial charge in [0.15, 0.2) is 0 Å². The van der Waals surface area contributed by atoms with Crippen molar-refractivity contribution >= 4 is 23.6 Å². The molecule has 152 valence electrons. The number of nitrogens with zero attached hydrogens (tertiary/aromatic N) is 2. The highest BCUT2D eigenvalue weighted by Crippen LogP contribution is 2.26. The second-order valence-electron chi connectivity index (χ2n) is 6.28. The maximum Gasteiger partial charge on any atom is 0.261 e. The summed E-state index contributed by atoms with van der Waals surface area (Å²) in [5.74, 6) is -1.20. The van der Waals surface area contributed by atoms with Crippen LogP contribution in [0.3, 0.4) is 0 Å². The molecule has 0 aliphatic carbocycles. The van der Waals surface area contributed by atoms with Gasteiger partial charge in [-0.25, -0.2) is 0 Å². The number of imide groups is 2. The Balaban J connectivity index is 0.000000707. The van der Waals surface area contributed by atoms with Gasteiger partial charge in [0.25, 0.3) is 23.6 Å². The van der Waals surface area contributed by atoms with E-state index in [1.165, 1.54) is 14.1 Å². The van der Waals surface area contributed by atoms with Crippen molar-refractivity contribution in [3.8, 4) is 0 Å². The maximum atomic E-state index is 12.1. The lowest BCUT2D eigenvalue weighted by Gasteiger charge is -2.05. The number of hydrogen-bond acceptors (Lipinski definition) is 4. The molecule has 6 nitrogen and oxygen atoms in total. The SMILES string of the molecule is CC.CC.CN1C(=O)c2ccc(Cc3ccc4c(c3)C(=O)N(C)C4=O)cc2C1=O. The highest BCUT2D eigenvalue weighted by Gasteiger charge is 2.34. The fourth-order valence-electron chi connectivity index (χ4n) is 3.27. The van der Waals surface area contributed by atoms with Gasteiger partial charge < -0.3 is 0 Å². The first kappa shape index (κ1) is 22.0.